The van der Waals surface area contributed by atoms with Gasteiger partial charge in [0.2, 0.25) is 0 Å². The Morgan fingerprint density at radius 3 is 2.50 bits per heavy atom. The minimum atomic E-state index is 0.856. The van der Waals surface area contributed by atoms with Crippen LogP contribution in [0.2, 0.25) is 0 Å². The summed E-state index contributed by atoms with van der Waals surface area (Å²) in [5.41, 5.74) is 2.48. The molecule has 0 fully saturated rings. The van der Waals surface area contributed by atoms with Crippen LogP contribution < -0.4 is 9.64 Å². The minimum absolute atomic E-state index is 0.856. The van der Waals surface area contributed by atoms with Crippen LogP contribution in [0.5, 0.6) is 5.75 Å². The van der Waals surface area contributed by atoms with Gasteiger partial charge in [-0.1, -0.05) is 0 Å². The summed E-state index contributed by atoms with van der Waals surface area (Å²) in [6.45, 7) is 0.938. The second kappa shape index (κ2) is 6.43. The molecule has 2 heterocycles. The molecule has 0 N–H and O–H groups in total. The van der Waals surface area contributed by atoms with Crippen molar-refractivity contribution in [3.05, 3.63) is 60.7 Å². The van der Waals surface area contributed by atoms with E-state index in [1.807, 2.05) is 36.9 Å². The second-order valence-corrected chi connectivity index (χ2v) is 5.24. The van der Waals surface area contributed by atoms with Gasteiger partial charge in [-0.15, -0.1) is 0 Å². The third-order valence-corrected chi connectivity index (χ3v) is 3.87. The lowest BCUT2D eigenvalue weighted by Gasteiger charge is -2.22. The quantitative estimate of drug-likeness (QED) is 0.723. The molecule has 0 aliphatic rings. The van der Waals surface area contributed by atoms with Crippen molar-refractivity contribution in [2.45, 2.75) is 6.42 Å². The highest BCUT2D eigenvalue weighted by atomic mass is 16.5. The number of aromatic nitrogens is 2. The number of nitrogens with zero attached hydrogens (tertiary/aromatic N) is 3. The lowest BCUT2D eigenvalue weighted by molar-refractivity contribution is 0.419. The summed E-state index contributed by atoms with van der Waals surface area (Å²) in [5.74, 6) is 0.856. The van der Waals surface area contributed by atoms with Crippen LogP contribution >= 0.6 is 0 Å². The first-order chi connectivity index (χ1) is 10.8. The fourth-order valence-electron chi connectivity index (χ4n) is 2.63. The van der Waals surface area contributed by atoms with E-state index in [-0.39, 0.29) is 0 Å². The van der Waals surface area contributed by atoms with E-state index >= 15 is 0 Å². The number of ether oxygens (including phenoxy) is 1. The average Bonchev–Trinajstić information content (AvgIpc) is 2.59. The first-order valence-electron chi connectivity index (χ1n) is 7.30. The number of hydrogen-bond acceptors (Lipinski definition) is 4. The molecule has 0 atom stereocenters. The van der Waals surface area contributed by atoms with Gasteiger partial charge in [0.25, 0.3) is 0 Å². The lowest BCUT2D eigenvalue weighted by Crippen LogP contribution is -2.20. The average molecular weight is 293 g/mol. The second-order valence-electron chi connectivity index (χ2n) is 5.24. The monoisotopic (exact) mass is 293 g/mol. The molecule has 3 aromatic rings. The first kappa shape index (κ1) is 14.3. The number of fused-ring (bicyclic) bond motifs is 1. The number of hydrogen-bond donors (Lipinski definition) is 0. The number of methoxy groups -OCH3 is 1. The first-order valence-corrected chi connectivity index (χ1v) is 7.30. The molecule has 0 aliphatic heterocycles. The molecular formula is C18H19N3O. The van der Waals surface area contributed by atoms with Gasteiger partial charge >= 0.3 is 0 Å². The molecule has 0 saturated heterocycles. The number of likely N-dealkylation sites (N-methyl/N-ethyl adjacent to an activating group) is 1. The lowest BCUT2D eigenvalue weighted by atomic mass is 10.1. The SMILES string of the molecule is COc1ccc(N(C)CCc2ccncc2)c2ccncc12. The molecule has 0 spiro atoms. The van der Waals surface area contributed by atoms with E-state index in [4.69, 9.17) is 4.74 Å². The molecule has 112 valence electrons. The molecule has 0 amide bonds. The van der Waals surface area contributed by atoms with Crippen molar-refractivity contribution in [1.29, 1.82) is 0 Å². The highest BCUT2D eigenvalue weighted by Crippen LogP contribution is 2.32. The maximum absolute atomic E-state index is 5.43. The van der Waals surface area contributed by atoms with Gasteiger partial charge < -0.3 is 9.64 Å². The number of benzene rings is 1. The Morgan fingerprint density at radius 2 is 1.73 bits per heavy atom. The Labute approximate surface area is 130 Å². The van der Waals surface area contributed by atoms with E-state index in [0.717, 1.165) is 29.5 Å². The summed E-state index contributed by atoms with van der Waals surface area (Å²) in [6, 6.07) is 10.3. The van der Waals surface area contributed by atoms with Gasteiger partial charge in [-0.3, -0.25) is 9.97 Å². The Kier molecular flexibility index (Phi) is 4.19. The molecule has 4 nitrogen and oxygen atoms in total. The number of anilines is 1. The van der Waals surface area contributed by atoms with Crippen molar-refractivity contribution >= 4 is 16.5 Å². The molecule has 0 radical (unpaired) electrons. The van der Waals surface area contributed by atoms with Gasteiger partial charge in [0.15, 0.2) is 0 Å². The topological polar surface area (TPSA) is 38.2 Å². The highest BCUT2D eigenvalue weighted by Gasteiger charge is 2.10. The van der Waals surface area contributed by atoms with Crippen LogP contribution in [0.15, 0.2) is 55.1 Å². The van der Waals surface area contributed by atoms with Gasteiger partial charge in [0.05, 0.1) is 7.11 Å². The summed E-state index contributed by atoms with van der Waals surface area (Å²) in [4.78, 5) is 10.5. The molecular weight excluding hydrogens is 274 g/mol. The van der Waals surface area contributed by atoms with Crippen molar-refractivity contribution < 1.29 is 4.74 Å². The van der Waals surface area contributed by atoms with E-state index in [0.29, 0.717) is 0 Å². The molecule has 0 unspecified atom stereocenters. The summed E-state index contributed by atoms with van der Waals surface area (Å²) in [7, 11) is 3.80. The Hall–Kier alpha value is -2.62. The highest BCUT2D eigenvalue weighted by molar-refractivity contribution is 5.97. The zero-order valence-electron chi connectivity index (χ0n) is 12.9. The Balaban J connectivity index is 1.86. The van der Waals surface area contributed by atoms with Gasteiger partial charge in [0, 0.05) is 54.8 Å². The van der Waals surface area contributed by atoms with Crippen LogP contribution in [0.25, 0.3) is 10.8 Å². The molecule has 0 aliphatic carbocycles. The van der Waals surface area contributed by atoms with Crippen molar-refractivity contribution in [3.63, 3.8) is 0 Å². The smallest absolute Gasteiger partial charge is 0.128 e. The van der Waals surface area contributed by atoms with Crippen molar-refractivity contribution in [1.82, 2.24) is 9.97 Å². The van der Waals surface area contributed by atoms with Crippen molar-refractivity contribution in [2.75, 3.05) is 25.6 Å². The fourth-order valence-corrected chi connectivity index (χ4v) is 2.63. The van der Waals surface area contributed by atoms with Crippen molar-refractivity contribution in [3.8, 4) is 5.75 Å². The van der Waals surface area contributed by atoms with E-state index in [2.05, 4.69) is 40.1 Å². The third kappa shape index (κ3) is 2.86. The van der Waals surface area contributed by atoms with E-state index in [1.54, 1.807) is 7.11 Å². The largest absolute Gasteiger partial charge is 0.496 e. The predicted molar refractivity (Wildman–Crippen MR) is 89.5 cm³/mol. The maximum atomic E-state index is 5.43. The van der Waals surface area contributed by atoms with Crippen LogP contribution in [0, 0.1) is 0 Å². The Bertz CT molecular complexity index is 759. The van der Waals surface area contributed by atoms with Gasteiger partial charge in [-0.2, -0.15) is 0 Å². The number of pyridine rings is 2. The number of rotatable bonds is 5. The standard InChI is InChI=1S/C18H19N3O/c1-21(12-8-14-5-9-19-10-6-14)17-3-4-18(22-2)16-13-20-11-7-15(16)17/h3-7,9-11,13H,8,12H2,1-2H3. The molecule has 22 heavy (non-hydrogen) atoms. The molecule has 3 rings (SSSR count). The molecule has 0 saturated carbocycles. The van der Waals surface area contributed by atoms with Crippen molar-refractivity contribution in [2.24, 2.45) is 0 Å². The molecule has 2 aromatic heterocycles. The van der Waals surface area contributed by atoms with E-state index in [9.17, 15) is 0 Å². The van der Waals surface area contributed by atoms with Crippen LogP contribution in [0.3, 0.4) is 0 Å². The summed E-state index contributed by atoms with van der Waals surface area (Å²) >= 11 is 0. The fraction of sp³-hybridized carbons (Fsp3) is 0.222. The zero-order valence-corrected chi connectivity index (χ0v) is 12.9. The minimum Gasteiger partial charge on any atom is -0.496 e. The van der Waals surface area contributed by atoms with Gasteiger partial charge in [-0.25, -0.2) is 0 Å². The Morgan fingerprint density at radius 1 is 0.955 bits per heavy atom. The summed E-state index contributed by atoms with van der Waals surface area (Å²) < 4.78 is 5.43. The summed E-state index contributed by atoms with van der Waals surface area (Å²) in [5, 5.41) is 2.20. The van der Waals surface area contributed by atoms with E-state index in [1.165, 1.54) is 11.3 Å². The maximum Gasteiger partial charge on any atom is 0.128 e. The van der Waals surface area contributed by atoms with Crippen LogP contribution in [-0.2, 0) is 6.42 Å². The normalized spacial score (nSPS) is 10.6. The molecule has 0 bridgehead atoms. The predicted octanol–water partition coefficient (Wildman–Crippen LogP) is 3.32. The third-order valence-electron chi connectivity index (χ3n) is 3.87. The molecule has 1 aromatic carbocycles. The summed E-state index contributed by atoms with van der Waals surface area (Å²) in [6.07, 6.45) is 8.33. The van der Waals surface area contributed by atoms with Crippen LogP contribution in [-0.4, -0.2) is 30.7 Å². The van der Waals surface area contributed by atoms with E-state index < -0.39 is 0 Å². The molecule has 4 heteroatoms. The van der Waals surface area contributed by atoms with Crippen LogP contribution in [0.1, 0.15) is 5.56 Å². The van der Waals surface area contributed by atoms with Crippen LogP contribution in [0.4, 0.5) is 5.69 Å². The van der Waals surface area contributed by atoms with Gasteiger partial charge in [-0.05, 0) is 42.3 Å². The zero-order chi connectivity index (χ0) is 15.4. The van der Waals surface area contributed by atoms with Gasteiger partial charge in [0.1, 0.15) is 5.75 Å².